The van der Waals surface area contributed by atoms with Crippen LogP contribution >= 0.6 is 0 Å². The lowest BCUT2D eigenvalue weighted by Gasteiger charge is -2.39. The Morgan fingerprint density at radius 3 is 2.38 bits per heavy atom. The van der Waals surface area contributed by atoms with Crippen molar-refractivity contribution in [2.24, 2.45) is 0 Å². The van der Waals surface area contributed by atoms with Gasteiger partial charge < -0.3 is 9.16 Å². The standard InChI is InChI=1S/C16H31NO3Si/c1-11(2)9-12-14(10-13(17-12)15(18)19-6)20-21(7,8)16(3,4)5/h12-14,17H,1,9-10H2,2-8H3/t12?,13-,14-/m0/s1. The van der Waals surface area contributed by atoms with Crippen molar-refractivity contribution in [1.29, 1.82) is 0 Å². The number of rotatable bonds is 5. The highest BCUT2D eigenvalue weighted by atomic mass is 28.4. The maximum absolute atomic E-state index is 11.8. The van der Waals surface area contributed by atoms with Crippen molar-refractivity contribution in [3.63, 3.8) is 0 Å². The third-order valence-corrected chi connectivity index (χ3v) is 9.14. The second-order valence-electron chi connectivity index (χ2n) is 7.66. The molecular weight excluding hydrogens is 282 g/mol. The first-order valence-corrected chi connectivity index (χ1v) is 10.5. The highest BCUT2D eigenvalue weighted by Crippen LogP contribution is 2.39. The number of carbonyl (C=O) groups is 1. The largest absolute Gasteiger partial charge is 0.468 e. The molecule has 0 aliphatic carbocycles. The fraction of sp³-hybridized carbons (Fsp3) is 0.812. The van der Waals surface area contributed by atoms with Gasteiger partial charge in [0.15, 0.2) is 8.32 Å². The molecule has 1 aliphatic heterocycles. The number of ether oxygens (including phenoxy) is 1. The molecule has 0 aromatic carbocycles. The predicted molar refractivity (Wildman–Crippen MR) is 88.8 cm³/mol. The van der Waals surface area contributed by atoms with E-state index in [1.54, 1.807) is 0 Å². The van der Waals surface area contributed by atoms with E-state index in [0.29, 0.717) is 6.42 Å². The van der Waals surface area contributed by atoms with E-state index < -0.39 is 8.32 Å². The van der Waals surface area contributed by atoms with Crippen molar-refractivity contribution in [2.45, 2.75) is 76.9 Å². The monoisotopic (exact) mass is 313 g/mol. The molecular formula is C16H31NO3Si. The Morgan fingerprint density at radius 1 is 1.38 bits per heavy atom. The molecule has 0 aromatic heterocycles. The third kappa shape index (κ3) is 4.66. The molecule has 3 atom stereocenters. The molecule has 122 valence electrons. The minimum Gasteiger partial charge on any atom is -0.468 e. The summed E-state index contributed by atoms with van der Waals surface area (Å²) < 4.78 is 11.4. The van der Waals surface area contributed by atoms with Gasteiger partial charge in [0.25, 0.3) is 0 Å². The summed E-state index contributed by atoms with van der Waals surface area (Å²) in [5.41, 5.74) is 1.10. The molecule has 0 amide bonds. The summed E-state index contributed by atoms with van der Waals surface area (Å²) in [5, 5.41) is 3.52. The summed E-state index contributed by atoms with van der Waals surface area (Å²) >= 11 is 0. The Hall–Kier alpha value is -0.653. The molecule has 1 heterocycles. The second-order valence-corrected chi connectivity index (χ2v) is 12.4. The van der Waals surface area contributed by atoms with Crippen molar-refractivity contribution in [3.05, 3.63) is 12.2 Å². The van der Waals surface area contributed by atoms with Crippen LogP contribution in [0.15, 0.2) is 12.2 Å². The Morgan fingerprint density at radius 2 is 1.95 bits per heavy atom. The minimum absolute atomic E-state index is 0.0479. The fourth-order valence-corrected chi connectivity index (χ4v) is 3.76. The maximum atomic E-state index is 11.8. The normalized spacial score (nSPS) is 26.7. The van der Waals surface area contributed by atoms with Gasteiger partial charge in [-0.3, -0.25) is 10.1 Å². The first-order chi connectivity index (χ1) is 9.48. The lowest BCUT2D eigenvalue weighted by atomic mass is 10.0. The molecule has 4 nitrogen and oxygen atoms in total. The molecule has 1 fully saturated rings. The zero-order chi connectivity index (χ0) is 16.4. The topological polar surface area (TPSA) is 47.6 Å². The fourth-order valence-electron chi connectivity index (χ4n) is 2.39. The van der Waals surface area contributed by atoms with E-state index in [-0.39, 0.29) is 29.2 Å². The lowest BCUT2D eigenvalue weighted by molar-refractivity contribution is -0.142. The van der Waals surface area contributed by atoms with Crippen LogP contribution in [0.3, 0.4) is 0 Å². The molecule has 0 saturated carbocycles. The van der Waals surface area contributed by atoms with Crippen molar-refractivity contribution in [2.75, 3.05) is 7.11 Å². The minimum atomic E-state index is -1.86. The van der Waals surface area contributed by atoms with Gasteiger partial charge in [0.1, 0.15) is 6.04 Å². The summed E-state index contributed by atoms with van der Waals surface area (Å²) in [4.78, 5) is 11.8. The van der Waals surface area contributed by atoms with E-state index in [9.17, 15) is 4.79 Å². The van der Waals surface area contributed by atoms with Crippen LogP contribution < -0.4 is 5.32 Å². The number of methoxy groups -OCH3 is 1. The Labute approximate surface area is 130 Å². The van der Waals surface area contributed by atoms with E-state index >= 15 is 0 Å². The molecule has 5 heteroatoms. The Bertz CT molecular complexity index is 401. The first kappa shape index (κ1) is 18.4. The van der Waals surface area contributed by atoms with Crippen LogP contribution in [-0.2, 0) is 14.0 Å². The van der Waals surface area contributed by atoms with Gasteiger partial charge in [0.05, 0.1) is 13.2 Å². The SMILES string of the molecule is C=C(C)CC1N[C@H](C(=O)OC)C[C@@H]1O[Si](C)(C)C(C)(C)C. The quantitative estimate of drug-likeness (QED) is 0.481. The molecule has 1 rings (SSSR count). The summed E-state index contributed by atoms with van der Waals surface area (Å²) in [6, 6.07) is -0.130. The van der Waals surface area contributed by atoms with Crippen LogP contribution in [-0.4, -0.2) is 39.6 Å². The predicted octanol–water partition coefficient (Wildman–Crippen LogP) is 3.25. The maximum Gasteiger partial charge on any atom is 0.322 e. The van der Waals surface area contributed by atoms with Crippen molar-refractivity contribution >= 4 is 14.3 Å². The summed E-state index contributed by atoms with van der Waals surface area (Å²) in [6.45, 7) is 17.2. The first-order valence-electron chi connectivity index (χ1n) is 7.64. The highest BCUT2D eigenvalue weighted by Gasteiger charge is 2.45. The Balaban J connectivity index is 2.85. The van der Waals surface area contributed by atoms with Gasteiger partial charge in [-0.25, -0.2) is 0 Å². The number of carbonyl (C=O) groups excluding carboxylic acids is 1. The van der Waals surface area contributed by atoms with Crippen molar-refractivity contribution < 1.29 is 14.0 Å². The molecule has 0 radical (unpaired) electrons. The third-order valence-electron chi connectivity index (χ3n) is 4.64. The van der Waals surface area contributed by atoms with Crippen LogP contribution in [0.1, 0.15) is 40.5 Å². The Kier molecular flexibility index (Phi) is 5.81. The molecule has 1 N–H and O–H groups in total. The van der Waals surface area contributed by atoms with Crippen molar-refractivity contribution in [1.82, 2.24) is 5.32 Å². The van der Waals surface area contributed by atoms with Gasteiger partial charge in [-0.2, -0.15) is 0 Å². The van der Waals surface area contributed by atoms with E-state index in [2.05, 4.69) is 45.8 Å². The van der Waals surface area contributed by atoms with E-state index in [1.165, 1.54) is 7.11 Å². The second kappa shape index (κ2) is 6.63. The van der Waals surface area contributed by atoms with E-state index in [4.69, 9.17) is 9.16 Å². The van der Waals surface area contributed by atoms with Crippen LogP contribution in [0.2, 0.25) is 18.1 Å². The van der Waals surface area contributed by atoms with Gasteiger partial charge in [-0.15, -0.1) is 6.58 Å². The summed E-state index contributed by atoms with van der Waals surface area (Å²) in [7, 11) is -0.429. The molecule has 1 saturated heterocycles. The molecule has 1 aliphatic rings. The van der Waals surface area contributed by atoms with Crippen LogP contribution in [0, 0.1) is 0 Å². The van der Waals surface area contributed by atoms with Gasteiger partial charge >= 0.3 is 5.97 Å². The number of esters is 1. The zero-order valence-corrected chi connectivity index (χ0v) is 15.6. The molecule has 0 bridgehead atoms. The number of hydrogen-bond acceptors (Lipinski definition) is 4. The van der Waals surface area contributed by atoms with Crippen LogP contribution in [0.4, 0.5) is 0 Å². The van der Waals surface area contributed by atoms with Crippen LogP contribution in [0.25, 0.3) is 0 Å². The zero-order valence-electron chi connectivity index (χ0n) is 14.6. The highest BCUT2D eigenvalue weighted by molar-refractivity contribution is 6.74. The average Bonchev–Trinajstić information content (AvgIpc) is 2.68. The summed E-state index contributed by atoms with van der Waals surface area (Å²) in [6.07, 6.45) is 1.55. The molecule has 0 spiro atoms. The van der Waals surface area contributed by atoms with Gasteiger partial charge in [-0.1, -0.05) is 26.3 Å². The van der Waals surface area contributed by atoms with E-state index in [0.717, 1.165) is 12.0 Å². The summed E-state index contributed by atoms with van der Waals surface area (Å²) in [5.74, 6) is -0.206. The van der Waals surface area contributed by atoms with Crippen molar-refractivity contribution in [3.8, 4) is 0 Å². The van der Waals surface area contributed by atoms with Gasteiger partial charge in [0.2, 0.25) is 0 Å². The number of nitrogens with one attached hydrogen (secondary N) is 1. The molecule has 21 heavy (non-hydrogen) atoms. The molecule has 0 aromatic rings. The van der Waals surface area contributed by atoms with E-state index in [1.807, 2.05) is 6.92 Å². The van der Waals surface area contributed by atoms with Gasteiger partial charge in [-0.05, 0) is 37.9 Å². The van der Waals surface area contributed by atoms with Crippen LogP contribution in [0.5, 0.6) is 0 Å². The molecule has 1 unspecified atom stereocenters. The lowest BCUT2D eigenvalue weighted by Crippen LogP contribution is -2.47. The smallest absolute Gasteiger partial charge is 0.322 e. The number of hydrogen-bond donors (Lipinski definition) is 1. The van der Waals surface area contributed by atoms with Gasteiger partial charge in [0, 0.05) is 6.04 Å². The average molecular weight is 314 g/mol.